The number of hydroxylamine groups is 3. The third kappa shape index (κ3) is 5.66. The molecule has 5 N–H and O–H groups in total. The number of nitrogens with two attached hydrogens (primary N) is 1. The van der Waals surface area contributed by atoms with Crippen LogP contribution in [0.2, 0.25) is 0 Å². The lowest BCUT2D eigenvalue weighted by molar-refractivity contribution is -0.148. The summed E-state index contributed by atoms with van der Waals surface area (Å²) in [5.74, 6) is -0.542. The molecule has 1 atom stereocenters. The summed E-state index contributed by atoms with van der Waals surface area (Å²) in [5.41, 5.74) is 7.77. The third-order valence-electron chi connectivity index (χ3n) is 4.38. The number of carbonyl (C=O) groups excluding carboxylic acids is 2. The van der Waals surface area contributed by atoms with Crippen molar-refractivity contribution in [1.82, 2.24) is 20.3 Å². The molecule has 0 spiro atoms. The van der Waals surface area contributed by atoms with Crippen LogP contribution in [-0.2, 0) is 24.3 Å². The fourth-order valence-corrected chi connectivity index (χ4v) is 3.37. The summed E-state index contributed by atoms with van der Waals surface area (Å²) in [5, 5.41) is 7.87. The molecule has 2 saturated heterocycles. The molecular formula is C13H24N6O7S. The monoisotopic (exact) mass is 408 g/mol. The minimum Gasteiger partial charge on any atom is -0.370 e. The lowest BCUT2D eigenvalue weighted by atomic mass is 10.1. The minimum atomic E-state index is -4.84. The number of carbonyl (C=O) groups is 2. The summed E-state index contributed by atoms with van der Waals surface area (Å²) >= 11 is 0. The number of likely N-dealkylation sites (tertiary alicyclic amines) is 1. The van der Waals surface area contributed by atoms with Gasteiger partial charge < -0.3 is 15.5 Å². The molecule has 3 amide bonds. The number of urea groups is 1. The van der Waals surface area contributed by atoms with E-state index in [4.69, 9.17) is 20.5 Å². The molecule has 0 aliphatic carbocycles. The fourth-order valence-electron chi connectivity index (χ4n) is 3.00. The van der Waals surface area contributed by atoms with Crippen molar-refractivity contribution in [3.63, 3.8) is 0 Å². The van der Waals surface area contributed by atoms with Crippen molar-refractivity contribution in [2.24, 2.45) is 5.73 Å². The fraction of sp³-hybridized carbons (Fsp3) is 0.769. The maximum absolute atomic E-state index is 12.4. The quantitative estimate of drug-likeness (QED) is 0.179. The molecule has 0 unspecified atom stereocenters. The van der Waals surface area contributed by atoms with Gasteiger partial charge in [-0.25, -0.2) is 10.3 Å². The van der Waals surface area contributed by atoms with Crippen molar-refractivity contribution < 1.29 is 31.7 Å². The van der Waals surface area contributed by atoms with E-state index < -0.39 is 28.4 Å². The zero-order valence-electron chi connectivity index (χ0n) is 14.8. The van der Waals surface area contributed by atoms with Crippen LogP contribution in [0.15, 0.2) is 0 Å². The maximum Gasteiger partial charge on any atom is 0.418 e. The highest BCUT2D eigenvalue weighted by Gasteiger charge is 2.39. The number of likely N-dealkylation sites (N-methyl/N-ethyl adjacent to an activating group) is 1. The summed E-state index contributed by atoms with van der Waals surface area (Å²) in [6.07, 6.45) is 1.01. The first-order chi connectivity index (χ1) is 12.6. The molecule has 0 saturated carbocycles. The second-order valence-corrected chi connectivity index (χ2v) is 7.14. The SMILES string of the molecule is CCN1C(=O)N(OS(=O)(=O)O)CC[C@H]1C(=O)NOC1CCN(C(=N)N)CC1. The van der Waals surface area contributed by atoms with E-state index in [2.05, 4.69) is 9.76 Å². The smallest absolute Gasteiger partial charge is 0.370 e. The maximum atomic E-state index is 12.4. The number of hydrogen-bond donors (Lipinski definition) is 4. The van der Waals surface area contributed by atoms with Gasteiger partial charge in [-0.1, -0.05) is 0 Å². The highest BCUT2D eigenvalue weighted by Crippen LogP contribution is 2.18. The summed E-state index contributed by atoms with van der Waals surface area (Å²) in [6, 6.07) is -1.71. The van der Waals surface area contributed by atoms with E-state index in [0.717, 1.165) is 4.90 Å². The number of nitrogens with one attached hydrogen (secondary N) is 2. The number of guanidine groups is 1. The molecule has 13 nitrogen and oxygen atoms in total. The van der Waals surface area contributed by atoms with Crippen molar-refractivity contribution in [2.45, 2.75) is 38.3 Å². The Morgan fingerprint density at radius 3 is 2.48 bits per heavy atom. The molecule has 2 rings (SSSR count). The second kappa shape index (κ2) is 8.69. The number of nitrogens with zero attached hydrogens (tertiary/aromatic N) is 3. The second-order valence-electron chi connectivity index (χ2n) is 6.13. The van der Waals surface area contributed by atoms with Crippen LogP contribution >= 0.6 is 0 Å². The van der Waals surface area contributed by atoms with Gasteiger partial charge in [0.15, 0.2) is 5.96 Å². The summed E-state index contributed by atoms with van der Waals surface area (Å²) in [7, 11) is -4.84. The van der Waals surface area contributed by atoms with Crippen LogP contribution in [0.1, 0.15) is 26.2 Å². The highest BCUT2D eigenvalue weighted by atomic mass is 32.3. The van der Waals surface area contributed by atoms with Crippen LogP contribution in [-0.4, -0.2) is 84.1 Å². The molecule has 0 radical (unpaired) electrons. The number of rotatable bonds is 6. The van der Waals surface area contributed by atoms with Crippen LogP contribution in [0, 0.1) is 5.41 Å². The number of hydrogen-bond acceptors (Lipinski definition) is 7. The van der Waals surface area contributed by atoms with Gasteiger partial charge in [-0.3, -0.25) is 19.6 Å². The molecule has 0 bridgehead atoms. The molecule has 0 aromatic rings. The van der Waals surface area contributed by atoms with Gasteiger partial charge in [-0.2, -0.15) is 13.5 Å². The van der Waals surface area contributed by atoms with Crippen LogP contribution in [0.4, 0.5) is 4.79 Å². The highest BCUT2D eigenvalue weighted by molar-refractivity contribution is 7.80. The molecule has 154 valence electrons. The zero-order chi connectivity index (χ0) is 20.2. The first-order valence-corrected chi connectivity index (χ1v) is 9.78. The van der Waals surface area contributed by atoms with Crippen molar-refractivity contribution >= 4 is 28.3 Å². The molecular weight excluding hydrogens is 384 g/mol. The summed E-state index contributed by atoms with van der Waals surface area (Å²) in [6.45, 7) is 2.64. The minimum absolute atomic E-state index is 0.00606. The molecule has 0 aromatic heterocycles. The molecule has 2 fully saturated rings. The van der Waals surface area contributed by atoms with Gasteiger partial charge in [-0.15, -0.1) is 4.28 Å². The molecule has 2 aliphatic rings. The van der Waals surface area contributed by atoms with Crippen molar-refractivity contribution in [1.29, 1.82) is 5.41 Å². The van der Waals surface area contributed by atoms with Gasteiger partial charge in [0.05, 0.1) is 12.6 Å². The van der Waals surface area contributed by atoms with Crippen molar-refractivity contribution in [3.05, 3.63) is 0 Å². The van der Waals surface area contributed by atoms with Gasteiger partial charge in [0.25, 0.3) is 5.91 Å². The Labute approximate surface area is 156 Å². The average molecular weight is 408 g/mol. The molecule has 2 aliphatic heterocycles. The zero-order valence-corrected chi connectivity index (χ0v) is 15.6. The first kappa shape index (κ1) is 21.1. The summed E-state index contributed by atoms with van der Waals surface area (Å²) < 4.78 is 34.5. The first-order valence-electron chi connectivity index (χ1n) is 8.42. The van der Waals surface area contributed by atoms with Crippen LogP contribution in [0.25, 0.3) is 0 Å². The normalized spacial score (nSPS) is 22.1. The van der Waals surface area contributed by atoms with Gasteiger partial charge in [0, 0.05) is 19.6 Å². The Kier molecular flexibility index (Phi) is 6.80. The third-order valence-corrected chi connectivity index (χ3v) is 4.75. The van der Waals surface area contributed by atoms with Crippen LogP contribution in [0.5, 0.6) is 0 Å². The van der Waals surface area contributed by atoms with E-state index in [1.807, 2.05) is 0 Å². The van der Waals surface area contributed by atoms with E-state index in [9.17, 15) is 18.0 Å². The van der Waals surface area contributed by atoms with E-state index in [-0.39, 0.29) is 31.6 Å². The predicted octanol–water partition coefficient (Wildman–Crippen LogP) is -1.36. The van der Waals surface area contributed by atoms with Crippen LogP contribution < -0.4 is 11.2 Å². The Hall–Kier alpha value is -2.16. The van der Waals surface area contributed by atoms with Gasteiger partial charge in [0.2, 0.25) is 0 Å². The lowest BCUT2D eigenvalue weighted by Crippen LogP contribution is -2.59. The molecule has 27 heavy (non-hydrogen) atoms. The van der Waals surface area contributed by atoms with Gasteiger partial charge in [0.1, 0.15) is 6.04 Å². The van der Waals surface area contributed by atoms with Crippen molar-refractivity contribution in [2.75, 3.05) is 26.2 Å². The predicted molar refractivity (Wildman–Crippen MR) is 91.3 cm³/mol. The Bertz CT molecular complexity index is 679. The number of amides is 3. The molecule has 2 heterocycles. The van der Waals surface area contributed by atoms with Gasteiger partial charge >= 0.3 is 16.4 Å². The lowest BCUT2D eigenvalue weighted by Gasteiger charge is -2.38. The van der Waals surface area contributed by atoms with E-state index >= 15 is 0 Å². The Morgan fingerprint density at radius 1 is 1.33 bits per heavy atom. The summed E-state index contributed by atoms with van der Waals surface area (Å²) in [4.78, 5) is 32.9. The van der Waals surface area contributed by atoms with Crippen LogP contribution in [0.3, 0.4) is 0 Å². The Morgan fingerprint density at radius 2 is 1.96 bits per heavy atom. The van der Waals surface area contributed by atoms with Crippen molar-refractivity contribution in [3.8, 4) is 0 Å². The van der Waals surface area contributed by atoms with E-state index in [1.54, 1.807) is 11.8 Å². The van der Waals surface area contributed by atoms with E-state index in [1.165, 1.54) is 0 Å². The standard InChI is InChI=1S/C13H24N6O7S/c1-2-18-10(5-8-19(13(18)21)26-27(22,23)24)11(20)16-25-9-3-6-17(7-4-9)12(14)15/h9-10H,2-8H2,1H3,(H3,14,15)(H,16,20)(H,22,23,24)/t10-/m0/s1. The Balaban J connectivity index is 1.87. The largest absolute Gasteiger partial charge is 0.418 e. The molecule has 14 heteroatoms. The number of piperidine rings is 1. The average Bonchev–Trinajstić information content (AvgIpc) is 2.60. The molecule has 0 aromatic carbocycles. The topological polar surface area (TPSA) is 179 Å². The van der Waals surface area contributed by atoms with E-state index in [0.29, 0.717) is 31.0 Å². The van der Waals surface area contributed by atoms with Gasteiger partial charge in [-0.05, 0) is 26.2 Å².